The Bertz CT molecular complexity index is 2560. The standard InChI is InChI=1S/C39H36N2O8S2/c1-2-27(21-38-40(17-9-19-50(42,43)44)34-23-29-13-6-7-14-30(29)24-36(34)48-38)22-39-41(18-10-20-51(45,46)47)35-26-33-31(25-37(35)49-39)15-8-16-32(33)28-11-4-3-5-12-28/h2-8,11-16,22-26H,9-10,17-21H2,1H3,(H-,42,43,44,45,46,47)/p+1/b27-2+,39-22-. The lowest BCUT2D eigenvalue weighted by atomic mass is 9.97. The molecule has 262 valence electrons. The smallest absolute Gasteiger partial charge is 0.352 e. The molecule has 2 N–H and O–H groups in total. The molecule has 0 bridgehead atoms. The number of fused-ring (bicyclic) bond motifs is 4. The van der Waals surface area contributed by atoms with E-state index < -0.39 is 26.0 Å². The Morgan fingerprint density at radius 1 is 0.804 bits per heavy atom. The molecule has 1 aliphatic heterocycles. The monoisotopic (exact) mass is 725 g/mol. The molecule has 2 heterocycles. The van der Waals surface area contributed by atoms with Crippen LogP contribution in [0.3, 0.4) is 0 Å². The van der Waals surface area contributed by atoms with E-state index in [4.69, 9.17) is 9.15 Å². The van der Waals surface area contributed by atoms with Crippen molar-refractivity contribution in [2.75, 3.05) is 23.0 Å². The molecule has 0 atom stereocenters. The molecule has 0 aliphatic carbocycles. The summed E-state index contributed by atoms with van der Waals surface area (Å²) in [5.74, 6) is 0.919. The summed E-state index contributed by atoms with van der Waals surface area (Å²) in [5, 5.41) is 4.01. The van der Waals surface area contributed by atoms with Crippen molar-refractivity contribution in [3.63, 3.8) is 0 Å². The van der Waals surface area contributed by atoms with Crippen molar-refractivity contribution in [1.82, 2.24) is 0 Å². The van der Waals surface area contributed by atoms with E-state index in [1.165, 1.54) is 0 Å². The van der Waals surface area contributed by atoms with Crippen LogP contribution in [0.1, 0.15) is 25.7 Å². The van der Waals surface area contributed by atoms with E-state index in [2.05, 4.69) is 24.3 Å². The molecule has 1 aliphatic rings. The topological polar surface area (TPSA) is 138 Å². The van der Waals surface area contributed by atoms with Crippen molar-refractivity contribution >= 4 is 58.6 Å². The molecule has 5 aromatic carbocycles. The molecule has 0 saturated heterocycles. The lowest BCUT2D eigenvalue weighted by molar-refractivity contribution is -0.683. The summed E-state index contributed by atoms with van der Waals surface area (Å²) in [4.78, 5) is 1.93. The van der Waals surface area contributed by atoms with Gasteiger partial charge in [0.2, 0.25) is 11.5 Å². The summed E-state index contributed by atoms with van der Waals surface area (Å²) in [7, 11) is -8.32. The lowest BCUT2D eigenvalue weighted by Gasteiger charge is -2.19. The van der Waals surface area contributed by atoms with Crippen molar-refractivity contribution in [2.45, 2.75) is 32.7 Å². The summed E-state index contributed by atoms with van der Waals surface area (Å²) in [6.45, 7) is 2.47. The highest BCUT2D eigenvalue weighted by atomic mass is 32.2. The second-order valence-corrected chi connectivity index (χ2v) is 15.7. The van der Waals surface area contributed by atoms with Gasteiger partial charge in [-0.1, -0.05) is 78.9 Å². The van der Waals surface area contributed by atoms with Crippen LogP contribution in [-0.4, -0.2) is 44.0 Å². The first-order chi connectivity index (χ1) is 24.5. The average molecular weight is 726 g/mol. The fraction of sp³-hybridized carbons (Fsp3) is 0.205. The lowest BCUT2D eigenvalue weighted by Crippen LogP contribution is -2.37. The first-order valence-electron chi connectivity index (χ1n) is 16.6. The number of aryl methyl sites for hydroxylation is 1. The predicted molar refractivity (Wildman–Crippen MR) is 199 cm³/mol. The molecular weight excluding hydrogens is 689 g/mol. The minimum atomic E-state index is -4.17. The van der Waals surface area contributed by atoms with Crippen molar-refractivity contribution in [3.05, 3.63) is 127 Å². The maximum Gasteiger partial charge on any atom is 0.352 e. The Morgan fingerprint density at radius 2 is 1.49 bits per heavy atom. The Morgan fingerprint density at radius 3 is 2.22 bits per heavy atom. The number of nitrogens with zero attached hydrogens (tertiary/aromatic N) is 2. The third-order valence-corrected chi connectivity index (χ3v) is 10.7. The number of aromatic nitrogens is 1. The normalized spacial score (nSPS) is 14.5. The van der Waals surface area contributed by atoms with Crippen LogP contribution in [0.2, 0.25) is 0 Å². The number of anilines is 1. The molecule has 0 amide bonds. The van der Waals surface area contributed by atoms with Crippen LogP contribution in [0, 0.1) is 0 Å². The van der Waals surface area contributed by atoms with Crippen LogP contribution in [0.5, 0.6) is 5.75 Å². The largest absolute Gasteiger partial charge is 0.439 e. The van der Waals surface area contributed by atoms with Gasteiger partial charge in [-0.3, -0.25) is 9.11 Å². The average Bonchev–Trinajstić information content (AvgIpc) is 3.60. The number of hydrogen-bond donors (Lipinski definition) is 2. The van der Waals surface area contributed by atoms with Gasteiger partial charge in [-0.25, -0.2) is 0 Å². The fourth-order valence-electron chi connectivity index (χ4n) is 6.65. The molecular formula is C39H37N2O8S2+. The number of allylic oxidation sites excluding steroid dienone is 3. The molecule has 0 saturated carbocycles. The van der Waals surface area contributed by atoms with Gasteiger partial charge in [0.25, 0.3) is 25.8 Å². The molecule has 10 nitrogen and oxygen atoms in total. The van der Waals surface area contributed by atoms with Crippen molar-refractivity contribution < 1.29 is 39.7 Å². The van der Waals surface area contributed by atoms with Crippen LogP contribution in [0.4, 0.5) is 5.69 Å². The molecule has 12 heteroatoms. The molecule has 6 aromatic rings. The Labute approximate surface area is 296 Å². The minimum absolute atomic E-state index is 0.160. The van der Waals surface area contributed by atoms with Crippen LogP contribution >= 0.6 is 0 Å². The molecule has 7 rings (SSSR count). The van der Waals surface area contributed by atoms with E-state index >= 15 is 0 Å². The first-order valence-corrected chi connectivity index (χ1v) is 19.9. The van der Waals surface area contributed by atoms with Gasteiger partial charge in [-0.2, -0.15) is 21.4 Å². The highest BCUT2D eigenvalue weighted by molar-refractivity contribution is 7.86. The number of benzene rings is 5. The van der Waals surface area contributed by atoms with Crippen molar-refractivity contribution in [1.29, 1.82) is 0 Å². The fourth-order valence-corrected chi connectivity index (χ4v) is 7.64. The van der Waals surface area contributed by atoms with E-state index in [0.29, 0.717) is 36.1 Å². The predicted octanol–water partition coefficient (Wildman–Crippen LogP) is 7.48. The summed E-state index contributed by atoms with van der Waals surface area (Å²) >= 11 is 0. The Hall–Kier alpha value is -5.01. The minimum Gasteiger partial charge on any atom is -0.439 e. The van der Waals surface area contributed by atoms with Gasteiger partial charge in [0.1, 0.15) is 0 Å². The molecule has 0 fully saturated rings. The third kappa shape index (κ3) is 7.69. The number of oxazole rings is 1. The molecule has 51 heavy (non-hydrogen) atoms. The van der Waals surface area contributed by atoms with Gasteiger partial charge >= 0.3 is 5.89 Å². The van der Waals surface area contributed by atoms with Gasteiger partial charge < -0.3 is 14.1 Å². The van der Waals surface area contributed by atoms with E-state index in [1.54, 1.807) is 0 Å². The van der Waals surface area contributed by atoms with E-state index in [0.717, 1.165) is 49.4 Å². The van der Waals surface area contributed by atoms with Crippen LogP contribution < -0.4 is 14.2 Å². The second kappa shape index (κ2) is 14.0. The third-order valence-electron chi connectivity index (χ3n) is 9.07. The quantitative estimate of drug-likeness (QED) is 0.0972. The Kier molecular flexibility index (Phi) is 9.42. The zero-order valence-electron chi connectivity index (χ0n) is 27.9. The Balaban J connectivity index is 1.27. The number of ether oxygens (including phenoxy) is 1. The van der Waals surface area contributed by atoms with Crippen LogP contribution in [0.25, 0.3) is 43.8 Å². The maximum atomic E-state index is 11.7. The SMILES string of the molecule is C/C=C(/C=C1\Oc2cc3cccc(-c4ccccc4)c3cc2N1CCCS(=O)(=O)O)Cc1oc2cc3ccccc3cc2[n+]1CCCS(=O)(=O)O. The molecule has 0 spiro atoms. The summed E-state index contributed by atoms with van der Waals surface area (Å²) in [5.41, 5.74) is 5.18. The van der Waals surface area contributed by atoms with Gasteiger partial charge in [-0.15, -0.1) is 0 Å². The zero-order chi connectivity index (χ0) is 35.8. The highest BCUT2D eigenvalue weighted by Crippen LogP contribution is 2.44. The van der Waals surface area contributed by atoms with Gasteiger partial charge in [0.15, 0.2) is 12.3 Å². The molecule has 1 aromatic heterocycles. The van der Waals surface area contributed by atoms with Gasteiger partial charge in [0.05, 0.1) is 23.6 Å². The van der Waals surface area contributed by atoms with E-state index in [-0.39, 0.29) is 25.1 Å². The van der Waals surface area contributed by atoms with Crippen molar-refractivity contribution in [3.8, 4) is 16.9 Å². The summed E-state index contributed by atoms with van der Waals surface area (Å²) < 4.78 is 80.2. The molecule has 0 radical (unpaired) electrons. The van der Waals surface area contributed by atoms with Gasteiger partial charge in [0, 0.05) is 25.1 Å². The van der Waals surface area contributed by atoms with E-state index in [9.17, 15) is 25.9 Å². The zero-order valence-corrected chi connectivity index (χ0v) is 29.5. The maximum absolute atomic E-state index is 11.7. The summed E-state index contributed by atoms with van der Waals surface area (Å²) in [6, 6.07) is 32.1. The van der Waals surface area contributed by atoms with E-state index in [1.807, 2.05) is 101 Å². The first kappa shape index (κ1) is 34.4. The number of rotatable bonds is 12. The van der Waals surface area contributed by atoms with Crippen LogP contribution in [0.15, 0.2) is 125 Å². The molecule has 0 unspecified atom stereocenters. The second-order valence-electron chi connectivity index (χ2n) is 12.6. The summed E-state index contributed by atoms with van der Waals surface area (Å²) in [6.07, 6.45) is 4.50. The van der Waals surface area contributed by atoms with Crippen LogP contribution in [-0.2, 0) is 33.2 Å². The highest BCUT2D eigenvalue weighted by Gasteiger charge is 2.30. The van der Waals surface area contributed by atoms with Gasteiger partial charge in [-0.05, 0) is 69.8 Å². The van der Waals surface area contributed by atoms with Crippen molar-refractivity contribution in [2.24, 2.45) is 0 Å². The number of hydrogen-bond acceptors (Lipinski definition) is 7.